The Kier molecular flexibility index (Phi) is 2.73. The summed E-state index contributed by atoms with van der Waals surface area (Å²) in [7, 11) is 3.27. The van der Waals surface area contributed by atoms with Crippen molar-refractivity contribution in [2.45, 2.75) is 0 Å². The number of nitrogens with one attached hydrogen (secondary N) is 1. The van der Waals surface area contributed by atoms with Gasteiger partial charge in [0.1, 0.15) is 0 Å². The van der Waals surface area contributed by atoms with Crippen molar-refractivity contribution in [1.82, 2.24) is 14.8 Å². The molecule has 88 valence electrons. The van der Waals surface area contributed by atoms with E-state index in [0.717, 1.165) is 0 Å². The summed E-state index contributed by atoms with van der Waals surface area (Å²) < 4.78 is 1.44. The number of nitrogens with zero attached hydrogens (tertiary/aromatic N) is 4. The number of hydrogen-bond donors (Lipinski definition) is 1. The van der Waals surface area contributed by atoms with Crippen molar-refractivity contribution >= 4 is 11.5 Å². The maximum atomic E-state index is 11.1. The van der Waals surface area contributed by atoms with Crippen LogP contribution in [0.25, 0.3) is 11.3 Å². The Morgan fingerprint density at radius 3 is 2.82 bits per heavy atom. The second-order valence-corrected chi connectivity index (χ2v) is 3.42. The van der Waals surface area contributed by atoms with E-state index in [2.05, 4.69) is 15.4 Å². The van der Waals surface area contributed by atoms with E-state index in [1.165, 1.54) is 4.68 Å². The van der Waals surface area contributed by atoms with Crippen LogP contribution in [0.5, 0.6) is 0 Å². The molecule has 2 rings (SSSR count). The van der Waals surface area contributed by atoms with Crippen molar-refractivity contribution in [3.05, 3.63) is 34.6 Å². The predicted octanol–water partition coefficient (Wildman–Crippen LogP) is 1.43. The third kappa shape index (κ3) is 1.82. The van der Waals surface area contributed by atoms with Crippen molar-refractivity contribution < 1.29 is 4.92 Å². The molecule has 0 fully saturated rings. The van der Waals surface area contributed by atoms with Crippen LogP contribution in [0.1, 0.15) is 0 Å². The molecule has 0 aliphatic carbocycles. The second kappa shape index (κ2) is 4.20. The predicted molar refractivity (Wildman–Crippen MR) is 62.6 cm³/mol. The van der Waals surface area contributed by atoms with E-state index in [-0.39, 0.29) is 5.69 Å². The third-order valence-corrected chi connectivity index (χ3v) is 2.38. The smallest absolute Gasteiger partial charge is 0.338 e. The number of aromatic nitrogens is 3. The summed E-state index contributed by atoms with van der Waals surface area (Å²) in [6.07, 6.45) is 3.16. The highest BCUT2D eigenvalue weighted by atomic mass is 16.6. The molecule has 0 bridgehead atoms. The first-order chi connectivity index (χ1) is 8.15. The second-order valence-electron chi connectivity index (χ2n) is 3.42. The van der Waals surface area contributed by atoms with E-state index in [0.29, 0.717) is 17.1 Å². The summed E-state index contributed by atoms with van der Waals surface area (Å²) in [5.74, 6) is 0.369. The minimum absolute atomic E-state index is 0.0389. The average Bonchev–Trinajstić information content (AvgIpc) is 2.67. The molecule has 0 saturated carbocycles. The normalized spacial score (nSPS) is 10.2. The molecule has 0 radical (unpaired) electrons. The Bertz CT molecular complexity index is 549. The van der Waals surface area contributed by atoms with E-state index in [1.807, 2.05) is 0 Å². The molecule has 2 aromatic rings. The van der Waals surface area contributed by atoms with Gasteiger partial charge in [0, 0.05) is 32.1 Å². The highest BCUT2D eigenvalue weighted by Crippen LogP contribution is 2.34. The Hall–Kier alpha value is -2.44. The molecule has 0 saturated heterocycles. The van der Waals surface area contributed by atoms with Gasteiger partial charge in [-0.25, -0.2) is 4.68 Å². The Morgan fingerprint density at radius 1 is 1.53 bits per heavy atom. The van der Waals surface area contributed by atoms with Crippen LogP contribution in [-0.4, -0.2) is 26.7 Å². The lowest BCUT2D eigenvalue weighted by Crippen LogP contribution is -2.00. The van der Waals surface area contributed by atoms with E-state index in [9.17, 15) is 10.1 Å². The fourth-order valence-electron chi connectivity index (χ4n) is 1.66. The Balaban J connectivity index is 2.66. The minimum atomic E-state index is -0.443. The molecule has 0 spiro atoms. The van der Waals surface area contributed by atoms with Gasteiger partial charge in [-0.05, 0) is 12.1 Å². The first-order valence-corrected chi connectivity index (χ1v) is 4.94. The van der Waals surface area contributed by atoms with Crippen LogP contribution in [0.2, 0.25) is 0 Å². The number of rotatable bonds is 3. The highest BCUT2D eigenvalue weighted by Gasteiger charge is 2.26. The van der Waals surface area contributed by atoms with Crippen LogP contribution in [-0.2, 0) is 7.05 Å². The van der Waals surface area contributed by atoms with Crippen LogP contribution in [0.3, 0.4) is 0 Å². The van der Waals surface area contributed by atoms with E-state index in [1.54, 1.807) is 38.6 Å². The molecule has 0 unspecified atom stereocenters. The molecule has 1 N–H and O–H groups in total. The fraction of sp³-hybridized carbons (Fsp3) is 0.200. The lowest BCUT2D eigenvalue weighted by molar-refractivity contribution is -0.383. The van der Waals surface area contributed by atoms with Crippen LogP contribution < -0.4 is 5.32 Å². The van der Waals surface area contributed by atoms with Gasteiger partial charge in [-0.2, -0.15) is 5.10 Å². The summed E-state index contributed by atoms with van der Waals surface area (Å²) in [6.45, 7) is 0. The van der Waals surface area contributed by atoms with E-state index >= 15 is 0 Å². The molecule has 0 atom stereocenters. The summed E-state index contributed by atoms with van der Waals surface area (Å²) in [5, 5.41) is 18.0. The summed E-state index contributed by atoms with van der Waals surface area (Å²) in [4.78, 5) is 14.6. The number of nitro groups is 1. The molecule has 17 heavy (non-hydrogen) atoms. The van der Waals surface area contributed by atoms with Gasteiger partial charge in [-0.1, -0.05) is 0 Å². The summed E-state index contributed by atoms with van der Waals surface area (Å²) in [5.41, 5.74) is 0.897. The van der Waals surface area contributed by atoms with Crippen molar-refractivity contribution in [3.8, 4) is 11.3 Å². The van der Waals surface area contributed by atoms with Gasteiger partial charge in [0.25, 0.3) is 0 Å². The lowest BCUT2D eigenvalue weighted by Gasteiger charge is -1.98. The molecule has 0 amide bonds. The zero-order valence-electron chi connectivity index (χ0n) is 9.41. The first kappa shape index (κ1) is 11.1. The number of anilines is 1. The topological polar surface area (TPSA) is 85.9 Å². The number of pyridine rings is 1. The Morgan fingerprint density at radius 2 is 2.29 bits per heavy atom. The first-order valence-electron chi connectivity index (χ1n) is 4.94. The van der Waals surface area contributed by atoms with Crippen LogP contribution >= 0.6 is 0 Å². The largest absolute Gasteiger partial charge is 0.368 e. The van der Waals surface area contributed by atoms with Crippen molar-refractivity contribution in [1.29, 1.82) is 0 Å². The molecule has 2 heterocycles. The summed E-state index contributed by atoms with van der Waals surface area (Å²) >= 11 is 0. The van der Waals surface area contributed by atoms with E-state index < -0.39 is 4.92 Å². The molecular weight excluding hydrogens is 222 g/mol. The Labute approximate surface area is 97.2 Å². The van der Waals surface area contributed by atoms with Crippen LogP contribution in [0, 0.1) is 10.1 Å². The maximum Gasteiger partial charge on any atom is 0.338 e. The van der Waals surface area contributed by atoms with Gasteiger partial charge in [0.2, 0.25) is 5.82 Å². The molecular formula is C10H11N5O2. The van der Waals surface area contributed by atoms with Crippen LogP contribution in [0.15, 0.2) is 24.5 Å². The van der Waals surface area contributed by atoms with Crippen molar-refractivity contribution in [3.63, 3.8) is 0 Å². The SMILES string of the molecule is CNc1c([N+](=O)[O-])c(-c2cccnc2)nn1C. The van der Waals surface area contributed by atoms with Gasteiger partial charge in [-0.3, -0.25) is 15.1 Å². The lowest BCUT2D eigenvalue weighted by atomic mass is 10.2. The average molecular weight is 233 g/mol. The van der Waals surface area contributed by atoms with E-state index in [4.69, 9.17) is 0 Å². The van der Waals surface area contributed by atoms with Gasteiger partial charge in [0.05, 0.1) is 4.92 Å². The molecule has 0 aliphatic heterocycles. The molecule has 7 heteroatoms. The van der Waals surface area contributed by atoms with Crippen molar-refractivity contribution in [2.75, 3.05) is 12.4 Å². The number of hydrogen-bond acceptors (Lipinski definition) is 5. The molecule has 0 aromatic carbocycles. The third-order valence-electron chi connectivity index (χ3n) is 2.38. The van der Waals surface area contributed by atoms with Gasteiger partial charge < -0.3 is 5.32 Å². The number of aryl methyl sites for hydroxylation is 1. The quantitative estimate of drug-likeness (QED) is 0.640. The van der Waals surface area contributed by atoms with Crippen molar-refractivity contribution in [2.24, 2.45) is 7.05 Å². The maximum absolute atomic E-state index is 11.1. The van der Waals surface area contributed by atoms with Gasteiger partial charge >= 0.3 is 5.69 Å². The fourth-order valence-corrected chi connectivity index (χ4v) is 1.66. The standard InChI is InChI=1S/C10H11N5O2/c1-11-10-9(15(16)17)8(13-14(10)2)7-4-3-5-12-6-7/h3-6,11H,1-2H3. The molecule has 0 aliphatic rings. The zero-order chi connectivity index (χ0) is 12.4. The molecule has 7 nitrogen and oxygen atoms in total. The monoisotopic (exact) mass is 233 g/mol. The van der Waals surface area contributed by atoms with Gasteiger partial charge in [0.15, 0.2) is 5.69 Å². The summed E-state index contributed by atoms with van der Waals surface area (Å²) in [6, 6.07) is 3.45. The van der Waals surface area contributed by atoms with Gasteiger partial charge in [-0.15, -0.1) is 0 Å². The highest BCUT2D eigenvalue weighted by molar-refractivity contribution is 5.77. The minimum Gasteiger partial charge on any atom is -0.368 e. The zero-order valence-corrected chi connectivity index (χ0v) is 9.41. The van der Waals surface area contributed by atoms with Crippen LogP contribution in [0.4, 0.5) is 11.5 Å². The molecule has 2 aromatic heterocycles.